The van der Waals surface area contributed by atoms with Gasteiger partial charge in [0.1, 0.15) is 5.75 Å². The van der Waals surface area contributed by atoms with Crippen molar-refractivity contribution in [1.29, 1.82) is 0 Å². The quantitative estimate of drug-likeness (QED) is 0.856. The molecule has 0 saturated carbocycles. The van der Waals surface area contributed by atoms with Crippen LogP contribution in [0.5, 0.6) is 5.75 Å². The van der Waals surface area contributed by atoms with E-state index in [4.69, 9.17) is 4.74 Å². The minimum Gasteiger partial charge on any atom is -0.484 e. The number of benzene rings is 2. The van der Waals surface area contributed by atoms with E-state index in [0.29, 0.717) is 5.75 Å². The second-order valence-corrected chi connectivity index (χ2v) is 5.54. The van der Waals surface area contributed by atoms with Gasteiger partial charge in [0.25, 0.3) is 5.91 Å². The molecule has 0 heterocycles. The molecule has 0 atom stereocenters. The number of hydrogen-bond acceptors (Lipinski definition) is 2. The van der Waals surface area contributed by atoms with Gasteiger partial charge in [-0.25, -0.2) is 0 Å². The van der Waals surface area contributed by atoms with Gasteiger partial charge in [-0.3, -0.25) is 4.79 Å². The van der Waals surface area contributed by atoms with Gasteiger partial charge in [0.05, 0.1) is 5.69 Å². The van der Waals surface area contributed by atoms with Gasteiger partial charge in [-0.1, -0.05) is 28.1 Å². The monoisotopic (exact) mass is 383 g/mol. The molecule has 0 spiro atoms. The summed E-state index contributed by atoms with van der Waals surface area (Å²) in [6.07, 6.45) is 0. The Bertz CT molecular complexity index is 570. The number of carbonyl (C=O) groups excluding carboxylic acids is 1. The Balaban J connectivity index is 1.88. The maximum Gasteiger partial charge on any atom is 0.262 e. The molecule has 2 aromatic rings. The van der Waals surface area contributed by atoms with E-state index in [1.54, 1.807) is 12.1 Å². The van der Waals surface area contributed by atoms with E-state index in [0.717, 1.165) is 14.6 Å². The Morgan fingerprint density at radius 1 is 1.05 bits per heavy atom. The standard InChI is InChI=1S/C14H11Br2NO2/c15-10-5-7-11(8-6-10)19-9-14(18)17-13-4-2-1-3-12(13)16/h1-8H,9H2,(H,17,18). The molecule has 2 rings (SSSR count). The molecule has 0 aliphatic carbocycles. The third-order valence-corrected chi connectivity index (χ3v) is 3.55. The minimum absolute atomic E-state index is 0.0248. The highest BCUT2D eigenvalue weighted by Gasteiger charge is 2.05. The highest BCUT2D eigenvalue weighted by Crippen LogP contribution is 2.21. The van der Waals surface area contributed by atoms with E-state index < -0.39 is 0 Å². The smallest absolute Gasteiger partial charge is 0.262 e. The van der Waals surface area contributed by atoms with Crippen molar-refractivity contribution in [3.8, 4) is 5.75 Å². The predicted molar refractivity (Wildman–Crippen MR) is 82.4 cm³/mol. The van der Waals surface area contributed by atoms with Crippen molar-refractivity contribution in [3.63, 3.8) is 0 Å². The second-order valence-electron chi connectivity index (χ2n) is 3.77. The van der Waals surface area contributed by atoms with Gasteiger partial charge < -0.3 is 10.1 Å². The molecule has 98 valence electrons. The summed E-state index contributed by atoms with van der Waals surface area (Å²) in [6, 6.07) is 14.8. The van der Waals surface area contributed by atoms with E-state index in [2.05, 4.69) is 37.2 Å². The number of para-hydroxylation sites is 1. The zero-order valence-corrected chi connectivity index (χ0v) is 13.1. The zero-order chi connectivity index (χ0) is 13.7. The van der Waals surface area contributed by atoms with Gasteiger partial charge in [0, 0.05) is 8.95 Å². The molecule has 3 nitrogen and oxygen atoms in total. The first kappa shape index (κ1) is 14.1. The van der Waals surface area contributed by atoms with Crippen LogP contribution in [0.25, 0.3) is 0 Å². The molecule has 0 fully saturated rings. The molecular formula is C14H11Br2NO2. The molecular weight excluding hydrogens is 374 g/mol. The third-order valence-electron chi connectivity index (χ3n) is 2.33. The average Bonchev–Trinajstić information content (AvgIpc) is 2.41. The minimum atomic E-state index is -0.199. The van der Waals surface area contributed by atoms with Crippen LogP contribution in [0.2, 0.25) is 0 Å². The number of amides is 1. The highest BCUT2D eigenvalue weighted by atomic mass is 79.9. The molecule has 0 unspecified atom stereocenters. The van der Waals surface area contributed by atoms with Gasteiger partial charge >= 0.3 is 0 Å². The molecule has 0 bridgehead atoms. The summed E-state index contributed by atoms with van der Waals surface area (Å²) in [6.45, 7) is -0.0248. The van der Waals surface area contributed by atoms with Gasteiger partial charge in [0.15, 0.2) is 6.61 Å². The van der Waals surface area contributed by atoms with Gasteiger partial charge in [-0.05, 0) is 52.3 Å². The molecule has 0 radical (unpaired) electrons. The first-order valence-electron chi connectivity index (χ1n) is 5.58. The van der Waals surface area contributed by atoms with Crippen LogP contribution in [-0.2, 0) is 4.79 Å². The number of carbonyl (C=O) groups is 1. The van der Waals surface area contributed by atoms with Crippen LogP contribution < -0.4 is 10.1 Å². The first-order chi connectivity index (χ1) is 9.15. The number of hydrogen-bond donors (Lipinski definition) is 1. The fourth-order valence-electron chi connectivity index (χ4n) is 1.43. The summed E-state index contributed by atoms with van der Waals surface area (Å²) in [5.74, 6) is 0.459. The largest absolute Gasteiger partial charge is 0.484 e. The number of nitrogens with one attached hydrogen (secondary N) is 1. The second kappa shape index (κ2) is 6.73. The molecule has 0 saturated heterocycles. The van der Waals surface area contributed by atoms with Crippen molar-refractivity contribution in [2.24, 2.45) is 0 Å². The van der Waals surface area contributed by atoms with Crippen molar-refractivity contribution in [3.05, 3.63) is 57.5 Å². The Morgan fingerprint density at radius 3 is 2.42 bits per heavy atom. The van der Waals surface area contributed by atoms with Gasteiger partial charge in [0.2, 0.25) is 0 Å². The number of rotatable bonds is 4. The number of anilines is 1. The SMILES string of the molecule is O=C(COc1ccc(Br)cc1)Nc1ccccc1Br. The van der Waals surface area contributed by atoms with E-state index in [1.807, 2.05) is 36.4 Å². The number of ether oxygens (including phenoxy) is 1. The van der Waals surface area contributed by atoms with Crippen LogP contribution in [0.3, 0.4) is 0 Å². The zero-order valence-electron chi connectivity index (χ0n) is 9.90. The molecule has 0 aliphatic heterocycles. The van der Waals surface area contributed by atoms with Crippen LogP contribution in [0.15, 0.2) is 57.5 Å². The van der Waals surface area contributed by atoms with E-state index >= 15 is 0 Å². The Labute approximate surface area is 128 Å². The lowest BCUT2D eigenvalue weighted by molar-refractivity contribution is -0.118. The van der Waals surface area contributed by atoms with Crippen molar-refractivity contribution >= 4 is 43.5 Å². The van der Waals surface area contributed by atoms with Crippen LogP contribution in [0.4, 0.5) is 5.69 Å². The van der Waals surface area contributed by atoms with Crippen LogP contribution in [-0.4, -0.2) is 12.5 Å². The molecule has 2 aromatic carbocycles. The topological polar surface area (TPSA) is 38.3 Å². The maximum absolute atomic E-state index is 11.7. The van der Waals surface area contributed by atoms with Crippen LogP contribution in [0.1, 0.15) is 0 Å². The Morgan fingerprint density at radius 2 is 1.74 bits per heavy atom. The Hall–Kier alpha value is -1.33. The molecule has 19 heavy (non-hydrogen) atoms. The highest BCUT2D eigenvalue weighted by molar-refractivity contribution is 9.10. The maximum atomic E-state index is 11.7. The third kappa shape index (κ3) is 4.36. The van der Waals surface area contributed by atoms with Crippen molar-refractivity contribution in [1.82, 2.24) is 0 Å². The normalized spacial score (nSPS) is 10.0. The molecule has 1 amide bonds. The van der Waals surface area contributed by atoms with E-state index in [-0.39, 0.29) is 12.5 Å². The summed E-state index contributed by atoms with van der Waals surface area (Å²) in [5.41, 5.74) is 0.729. The van der Waals surface area contributed by atoms with E-state index in [1.165, 1.54) is 0 Å². The van der Waals surface area contributed by atoms with Crippen molar-refractivity contribution in [2.45, 2.75) is 0 Å². The summed E-state index contributed by atoms with van der Waals surface area (Å²) in [5, 5.41) is 2.77. The molecule has 0 aromatic heterocycles. The summed E-state index contributed by atoms with van der Waals surface area (Å²) >= 11 is 6.71. The summed E-state index contributed by atoms with van der Waals surface area (Å²) < 4.78 is 7.20. The fourth-order valence-corrected chi connectivity index (χ4v) is 2.08. The predicted octanol–water partition coefficient (Wildman–Crippen LogP) is 4.23. The van der Waals surface area contributed by atoms with Crippen molar-refractivity contribution in [2.75, 3.05) is 11.9 Å². The first-order valence-corrected chi connectivity index (χ1v) is 7.16. The lowest BCUT2D eigenvalue weighted by atomic mass is 10.3. The fraction of sp³-hybridized carbons (Fsp3) is 0.0714. The lowest BCUT2D eigenvalue weighted by Crippen LogP contribution is -2.20. The molecule has 0 aliphatic rings. The van der Waals surface area contributed by atoms with E-state index in [9.17, 15) is 4.79 Å². The van der Waals surface area contributed by atoms with Gasteiger partial charge in [-0.15, -0.1) is 0 Å². The molecule has 1 N–H and O–H groups in total. The van der Waals surface area contributed by atoms with Crippen molar-refractivity contribution < 1.29 is 9.53 Å². The number of halogens is 2. The Kier molecular flexibility index (Phi) is 4.99. The van der Waals surface area contributed by atoms with Gasteiger partial charge in [-0.2, -0.15) is 0 Å². The van der Waals surface area contributed by atoms with Crippen LogP contribution >= 0.6 is 31.9 Å². The summed E-state index contributed by atoms with van der Waals surface area (Å²) in [4.78, 5) is 11.7. The average molecular weight is 385 g/mol. The summed E-state index contributed by atoms with van der Waals surface area (Å²) in [7, 11) is 0. The van der Waals surface area contributed by atoms with Crippen LogP contribution in [0, 0.1) is 0 Å². The molecule has 5 heteroatoms. The lowest BCUT2D eigenvalue weighted by Gasteiger charge is -2.08.